The maximum atomic E-state index is 11.5. The van der Waals surface area contributed by atoms with Gasteiger partial charge in [0, 0.05) is 0 Å². The molecule has 0 spiro atoms. The first-order valence-electron chi connectivity index (χ1n) is 4.72. The number of ether oxygens (including phenoxy) is 1. The number of nitrogens with zero attached hydrogens (tertiary/aromatic N) is 2. The molecular weight excluding hydrogens is 198 g/mol. The monoisotopic (exact) mass is 213 g/mol. The van der Waals surface area contributed by atoms with Crippen molar-refractivity contribution in [3.05, 3.63) is 11.3 Å². The lowest BCUT2D eigenvalue weighted by Crippen LogP contribution is -2.11. The summed E-state index contributed by atoms with van der Waals surface area (Å²) in [6.45, 7) is 3.89. The number of carbonyl (C=O) groups excluding carboxylic acids is 1. The molecule has 0 saturated carbocycles. The van der Waals surface area contributed by atoms with Crippen LogP contribution in [0.15, 0.2) is 0 Å². The first kappa shape index (κ1) is 11.5. The van der Waals surface area contributed by atoms with Gasteiger partial charge >= 0.3 is 5.97 Å². The molecule has 0 aliphatic rings. The number of aliphatic hydroxyl groups excluding tert-OH is 1. The maximum Gasteiger partial charge on any atom is 0.343 e. The zero-order chi connectivity index (χ0) is 11.4. The molecule has 1 rings (SSSR count). The van der Waals surface area contributed by atoms with Crippen molar-refractivity contribution in [2.45, 2.75) is 20.4 Å². The highest BCUT2D eigenvalue weighted by Crippen LogP contribution is 2.17. The highest BCUT2D eigenvalue weighted by Gasteiger charge is 2.20. The van der Waals surface area contributed by atoms with Crippen LogP contribution in [0, 0.1) is 6.92 Å². The number of aliphatic hydroxyl groups is 1. The van der Waals surface area contributed by atoms with Gasteiger partial charge in [0.05, 0.1) is 25.5 Å². The number of rotatable bonds is 4. The van der Waals surface area contributed by atoms with Crippen LogP contribution in [0.4, 0.5) is 5.82 Å². The van der Waals surface area contributed by atoms with Gasteiger partial charge in [-0.1, -0.05) is 0 Å². The predicted molar refractivity (Wildman–Crippen MR) is 54.4 cm³/mol. The minimum atomic E-state index is -0.475. The standard InChI is InChI=1S/C9H15N3O3/c1-3-15-9(14)7-6(2)11-12(4-5-13)8(7)10/h13H,3-5,10H2,1-2H3. The SMILES string of the molecule is CCOC(=O)c1c(C)nn(CCO)c1N. The molecule has 0 aliphatic carbocycles. The van der Waals surface area contributed by atoms with E-state index in [1.165, 1.54) is 4.68 Å². The van der Waals surface area contributed by atoms with Crippen LogP contribution in [-0.4, -0.2) is 34.1 Å². The molecule has 15 heavy (non-hydrogen) atoms. The number of nitrogens with two attached hydrogens (primary N) is 1. The first-order chi connectivity index (χ1) is 7.11. The molecule has 0 aliphatic heterocycles. The van der Waals surface area contributed by atoms with Crippen molar-refractivity contribution in [3.63, 3.8) is 0 Å². The Morgan fingerprint density at radius 1 is 1.67 bits per heavy atom. The number of esters is 1. The van der Waals surface area contributed by atoms with Gasteiger partial charge in [-0.25, -0.2) is 9.48 Å². The van der Waals surface area contributed by atoms with Crippen LogP contribution < -0.4 is 5.73 Å². The lowest BCUT2D eigenvalue weighted by Gasteiger charge is -2.02. The maximum absolute atomic E-state index is 11.5. The van der Waals surface area contributed by atoms with Gasteiger partial charge in [0.1, 0.15) is 11.4 Å². The Morgan fingerprint density at radius 2 is 2.33 bits per heavy atom. The van der Waals surface area contributed by atoms with E-state index in [0.717, 1.165) is 0 Å². The summed E-state index contributed by atoms with van der Waals surface area (Å²) in [5, 5.41) is 12.8. The molecule has 1 aromatic rings. The van der Waals surface area contributed by atoms with Crippen molar-refractivity contribution in [1.82, 2.24) is 9.78 Å². The summed E-state index contributed by atoms with van der Waals surface area (Å²) >= 11 is 0. The van der Waals surface area contributed by atoms with E-state index in [1.54, 1.807) is 13.8 Å². The number of carbonyl (C=O) groups is 1. The fourth-order valence-electron chi connectivity index (χ4n) is 1.32. The number of aryl methyl sites for hydroxylation is 1. The quantitative estimate of drug-likeness (QED) is 0.684. The fourth-order valence-corrected chi connectivity index (χ4v) is 1.32. The zero-order valence-corrected chi connectivity index (χ0v) is 8.86. The Labute approximate surface area is 87.6 Å². The van der Waals surface area contributed by atoms with Gasteiger partial charge in [-0.3, -0.25) is 0 Å². The van der Waals surface area contributed by atoms with Crippen LogP contribution >= 0.6 is 0 Å². The third-order valence-corrected chi connectivity index (χ3v) is 1.96. The van der Waals surface area contributed by atoms with E-state index in [2.05, 4.69) is 5.10 Å². The lowest BCUT2D eigenvalue weighted by molar-refractivity contribution is 0.0526. The fraction of sp³-hybridized carbons (Fsp3) is 0.556. The van der Waals surface area contributed by atoms with Crippen LogP contribution in [0.25, 0.3) is 0 Å². The summed E-state index contributed by atoms with van der Waals surface area (Å²) in [4.78, 5) is 11.5. The second kappa shape index (κ2) is 4.79. The average molecular weight is 213 g/mol. The van der Waals surface area contributed by atoms with E-state index in [4.69, 9.17) is 15.6 Å². The summed E-state index contributed by atoms with van der Waals surface area (Å²) in [6, 6.07) is 0. The van der Waals surface area contributed by atoms with Crippen LogP contribution in [0.3, 0.4) is 0 Å². The topological polar surface area (TPSA) is 90.4 Å². The normalized spacial score (nSPS) is 10.3. The van der Waals surface area contributed by atoms with E-state index in [0.29, 0.717) is 12.3 Å². The van der Waals surface area contributed by atoms with Crippen molar-refractivity contribution < 1.29 is 14.6 Å². The predicted octanol–water partition coefficient (Wildman–Crippen LogP) is -0.0573. The van der Waals surface area contributed by atoms with Crippen molar-refractivity contribution in [2.24, 2.45) is 0 Å². The summed E-state index contributed by atoms with van der Waals surface area (Å²) in [5.74, 6) is -0.239. The summed E-state index contributed by atoms with van der Waals surface area (Å²) in [6.07, 6.45) is 0. The number of aromatic nitrogens is 2. The first-order valence-corrected chi connectivity index (χ1v) is 4.72. The molecular formula is C9H15N3O3. The average Bonchev–Trinajstić information content (AvgIpc) is 2.43. The van der Waals surface area contributed by atoms with Crippen molar-refractivity contribution in [2.75, 3.05) is 18.9 Å². The van der Waals surface area contributed by atoms with Gasteiger partial charge in [0.15, 0.2) is 0 Å². The molecule has 0 radical (unpaired) electrons. The van der Waals surface area contributed by atoms with E-state index in [-0.39, 0.29) is 24.5 Å². The Kier molecular flexibility index (Phi) is 3.68. The minimum Gasteiger partial charge on any atom is -0.462 e. The van der Waals surface area contributed by atoms with Crippen LogP contribution in [-0.2, 0) is 11.3 Å². The molecule has 1 aromatic heterocycles. The van der Waals surface area contributed by atoms with E-state index >= 15 is 0 Å². The zero-order valence-electron chi connectivity index (χ0n) is 8.86. The van der Waals surface area contributed by atoms with Crippen molar-refractivity contribution in [1.29, 1.82) is 0 Å². The second-order valence-electron chi connectivity index (χ2n) is 3.01. The molecule has 3 N–H and O–H groups in total. The lowest BCUT2D eigenvalue weighted by atomic mass is 10.2. The Bertz CT molecular complexity index is 360. The molecule has 0 amide bonds. The highest BCUT2D eigenvalue weighted by molar-refractivity contribution is 5.95. The van der Waals surface area contributed by atoms with Crippen molar-refractivity contribution >= 4 is 11.8 Å². The van der Waals surface area contributed by atoms with Gasteiger partial charge < -0.3 is 15.6 Å². The third-order valence-electron chi connectivity index (χ3n) is 1.96. The van der Waals surface area contributed by atoms with Crippen LogP contribution in [0.2, 0.25) is 0 Å². The number of hydrogen-bond donors (Lipinski definition) is 2. The minimum absolute atomic E-state index is 0.0758. The largest absolute Gasteiger partial charge is 0.462 e. The molecule has 0 atom stereocenters. The second-order valence-corrected chi connectivity index (χ2v) is 3.01. The third kappa shape index (κ3) is 2.27. The molecule has 0 unspecified atom stereocenters. The van der Waals surface area contributed by atoms with E-state index in [1.807, 2.05) is 0 Å². The molecule has 0 fully saturated rings. The Morgan fingerprint density at radius 3 is 2.87 bits per heavy atom. The molecule has 0 bridgehead atoms. The number of nitrogen functional groups attached to an aromatic ring is 1. The molecule has 6 heteroatoms. The molecule has 6 nitrogen and oxygen atoms in total. The smallest absolute Gasteiger partial charge is 0.343 e. The number of anilines is 1. The van der Waals surface area contributed by atoms with Crippen LogP contribution in [0.5, 0.6) is 0 Å². The summed E-state index contributed by atoms with van der Waals surface area (Å²) < 4.78 is 6.24. The summed E-state index contributed by atoms with van der Waals surface area (Å²) in [7, 11) is 0. The molecule has 1 heterocycles. The van der Waals surface area contributed by atoms with Gasteiger partial charge in [-0.15, -0.1) is 0 Å². The van der Waals surface area contributed by atoms with Gasteiger partial charge in [-0.05, 0) is 13.8 Å². The van der Waals surface area contributed by atoms with Gasteiger partial charge in [0.2, 0.25) is 0 Å². The Hall–Kier alpha value is -1.56. The highest BCUT2D eigenvalue weighted by atomic mass is 16.5. The Balaban J connectivity index is 3.02. The van der Waals surface area contributed by atoms with Crippen molar-refractivity contribution in [3.8, 4) is 0 Å². The van der Waals surface area contributed by atoms with Gasteiger partial charge in [-0.2, -0.15) is 5.10 Å². The van der Waals surface area contributed by atoms with E-state index < -0.39 is 5.97 Å². The molecule has 84 valence electrons. The van der Waals surface area contributed by atoms with E-state index in [9.17, 15) is 4.79 Å². The van der Waals surface area contributed by atoms with Crippen LogP contribution in [0.1, 0.15) is 23.0 Å². The number of hydrogen-bond acceptors (Lipinski definition) is 5. The molecule has 0 aromatic carbocycles. The molecule has 0 saturated heterocycles. The van der Waals surface area contributed by atoms with Gasteiger partial charge in [0.25, 0.3) is 0 Å². The summed E-state index contributed by atoms with van der Waals surface area (Å²) in [5.41, 5.74) is 6.51.